The van der Waals surface area contributed by atoms with Crippen LogP contribution >= 0.6 is 0 Å². The van der Waals surface area contributed by atoms with Crippen LogP contribution < -0.4 is 0 Å². The summed E-state index contributed by atoms with van der Waals surface area (Å²) in [7, 11) is 0. The van der Waals surface area contributed by atoms with Gasteiger partial charge in [-0.05, 0) is 65.9 Å². The summed E-state index contributed by atoms with van der Waals surface area (Å²) in [5.41, 5.74) is 2.04. The van der Waals surface area contributed by atoms with Crippen molar-refractivity contribution in [3.63, 3.8) is 0 Å². The number of likely N-dealkylation sites (tertiary alicyclic amines) is 1. The smallest absolute Gasteiger partial charge is 0.230 e. The summed E-state index contributed by atoms with van der Waals surface area (Å²) in [5.74, 6) is 2.02. The van der Waals surface area contributed by atoms with E-state index in [0.29, 0.717) is 17.6 Å². The Morgan fingerprint density at radius 1 is 1.19 bits per heavy atom. The lowest BCUT2D eigenvalue weighted by molar-refractivity contribution is -0.150. The lowest BCUT2D eigenvalue weighted by Crippen LogP contribution is -2.60. The number of rotatable bonds is 4. The highest BCUT2D eigenvalue weighted by atomic mass is 16.5. The summed E-state index contributed by atoms with van der Waals surface area (Å²) in [5, 5.41) is 9.85. The molecule has 2 aromatic heterocycles. The van der Waals surface area contributed by atoms with Crippen LogP contribution in [-0.4, -0.2) is 42.8 Å². The fraction of sp³-hybridized carbons (Fsp3) is 0.583. The average molecular weight is 422 g/mol. The fourth-order valence-electron chi connectivity index (χ4n) is 4.99. The molecular weight excluding hydrogens is 390 g/mol. The molecule has 1 aliphatic heterocycles. The number of aromatic nitrogens is 4. The van der Waals surface area contributed by atoms with Gasteiger partial charge in [-0.2, -0.15) is 10.1 Å². The molecule has 0 atom stereocenters. The summed E-state index contributed by atoms with van der Waals surface area (Å²) >= 11 is 0. The van der Waals surface area contributed by atoms with Crippen molar-refractivity contribution in [3.05, 3.63) is 30.3 Å². The molecule has 1 aliphatic carbocycles. The molecule has 1 saturated heterocycles. The Hall–Kier alpha value is -2.70. The minimum Gasteiger partial charge on any atom is -0.339 e. The Morgan fingerprint density at radius 2 is 1.97 bits per heavy atom. The van der Waals surface area contributed by atoms with E-state index in [1.165, 1.54) is 0 Å². The molecule has 2 aliphatic rings. The maximum atomic E-state index is 12.9. The number of hydrogen-bond donors (Lipinski definition) is 0. The van der Waals surface area contributed by atoms with E-state index in [1.807, 2.05) is 16.9 Å². The average Bonchev–Trinajstić information content (AvgIpc) is 3.40. The molecule has 0 N–H and O–H groups in total. The van der Waals surface area contributed by atoms with E-state index in [9.17, 15) is 4.79 Å². The first kappa shape index (κ1) is 20.2. The minimum absolute atomic E-state index is 0.0291. The normalized spacial score (nSPS) is 23.3. The van der Waals surface area contributed by atoms with Gasteiger partial charge >= 0.3 is 0 Å². The highest BCUT2D eigenvalue weighted by Gasteiger charge is 2.42. The zero-order chi connectivity index (χ0) is 21.8. The SMILES string of the molecule is CC(C)n1ncc2ccc(-c3noc(C4CCC(C(=O)N5CCC5(C)C)CC4)n3)cc21. The number of nitrogens with zero attached hydrogens (tertiary/aromatic N) is 5. The quantitative estimate of drug-likeness (QED) is 0.595. The fourth-order valence-corrected chi connectivity index (χ4v) is 4.99. The molecule has 1 aromatic carbocycles. The van der Waals surface area contributed by atoms with Gasteiger partial charge in [0, 0.05) is 40.9 Å². The molecule has 5 rings (SSSR count). The second kappa shape index (κ2) is 7.46. The van der Waals surface area contributed by atoms with E-state index >= 15 is 0 Å². The van der Waals surface area contributed by atoms with E-state index in [1.54, 1.807) is 0 Å². The largest absolute Gasteiger partial charge is 0.339 e. The van der Waals surface area contributed by atoms with Gasteiger partial charge in [0.25, 0.3) is 0 Å². The Kier molecular flexibility index (Phi) is 4.87. The van der Waals surface area contributed by atoms with E-state index < -0.39 is 0 Å². The molecule has 1 amide bonds. The number of fused-ring (bicyclic) bond motifs is 1. The monoisotopic (exact) mass is 421 g/mol. The predicted octanol–water partition coefficient (Wildman–Crippen LogP) is 4.95. The Balaban J connectivity index is 1.28. The summed E-state index contributed by atoms with van der Waals surface area (Å²) in [6.07, 6.45) is 6.63. The van der Waals surface area contributed by atoms with E-state index in [2.05, 4.69) is 55.0 Å². The van der Waals surface area contributed by atoms with Crippen molar-refractivity contribution >= 4 is 16.8 Å². The molecular formula is C24H31N5O2. The number of carbonyl (C=O) groups is 1. The highest BCUT2D eigenvalue weighted by molar-refractivity contribution is 5.83. The van der Waals surface area contributed by atoms with Gasteiger partial charge in [-0.1, -0.05) is 17.3 Å². The van der Waals surface area contributed by atoms with Crippen LogP contribution in [0.25, 0.3) is 22.3 Å². The maximum absolute atomic E-state index is 12.9. The first-order chi connectivity index (χ1) is 14.8. The predicted molar refractivity (Wildman–Crippen MR) is 119 cm³/mol. The Morgan fingerprint density at radius 3 is 2.61 bits per heavy atom. The van der Waals surface area contributed by atoms with Gasteiger partial charge in [-0.15, -0.1) is 0 Å². The van der Waals surface area contributed by atoms with Gasteiger partial charge in [-0.25, -0.2) is 0 Å². The van der Waals surface area contributed by atoms with Crippen LogP contribution in [0.15, 0.2) is 28.9 Å². The lowest BCUT2D eigenvalue weighted by Gasteiger charge is -2.50. The number of carbonyl (C=O) groups excluding carboxylic acids is 1. The Labute approximate surface area is 182 Å². The third kappa shape index (κ3) is 3.54. The van der Waals surface area contributed by atoms with Gasteiger partial charge in [0.1, 0.15) is 0 Å². The third-order valence-electron chi connectivity index (χ3n) is 7.16. The van der Waals surface area contributed by atoms with Crippen LogP contribution in [0.3, 0.4) is 0 Å². The maximum Gasteiger partial charge on any atom is 0.230 e. The lowest BCUT2D eigenvalue weighted by atomic mass is 9.79. The molecule has 1 saturated carbocycles. The van der Waals surface area contributed by atoms with Gasteiger partial charge in [0.2, 0.25) is 17.6 Å². The zero-order valence-electron chi connectivity index (χ0n) is 18.8. The number of amides is 1. The van der Waals surface area contributed by atoms with E-state index in [0.717, 1.165) is 55.1 Å². The van der Waals surface area contributed by atoms with E-state index in [4.69, 9.17) is 9.51 Å². The second-order valence-corrected chi connectivity index (χ2v) is 10.0. The molecule has 164 valence electrons. The molecule has 2 fully saturated rings. The van der Waals surface area contributed by atoms with Gasteiger partial charge in [-0.3, -0.25) is 9.48 Å². The van der Waals surface area contributed by atoms with Crippen molar-refractivity contribution in [2.75, 3.05) is 6.54 Å². The van der Waals surface area contributed by atoms with Gasteiger partial charge in [0.05, 0.1) is 11.7 Å². The molecule has 0 spiro atoms. The molecule has 0 radical (unpaired) electrons. The first-order valence-corrected chi connectivity index (χ1v) is 11.5. The molecule has 0 unspecified atom stereocenters. The summed E-state index contributed by atoms with van der Waals surface area (Å²) in [4.78, 5) is 19.6. The zero-order valence-corrected chi connectivity index (χ0v) is 18.8. The van der Waals surface area contributed by atoms with Crippen molar-refractivity contribution in [2.45, 2.75) is 77.3 Å². The molecule has 31 heavy (non-hydrogen) atoms. The minimum atomic E-state index is 0.0291. The summed E-state index contributed by atoms with van der Waals surface area (Å²) < 4.78 is 7.67. The standard InChI is InChI=1S/C24H31N5O2/c1-15(2)29-20-13-18(9-10-19(20)14-25-29)21-26-22(31-27-21)16-5-7-17(8-6-16)23(30)28-12-11-24(28,3)4/h9-10,13-17H,5-8,11-12H2,1-4H3. The molecule has 7 heteroatoms. The molecule has 3 heterocycles. The van der Waals surface area contributed by atoms with E-state index in [-0.39, 0.29) is 23.4 Å². The topological polar surface area (TPSA) is 77.0 Å². The highest BCUT2D eigenvalue weighted by Crippen LogP contribution is 2.39. The molecule has 0 bridgehead atoms. The first-order valence-electron chi connectivity index (χ1n) is 11.5. The summed E-state index contributed by atoms with van der Waals surface area (Å²) in [6.45, 7) is 9.46. The van der Waals surface area contributed by atoms with Gasteiger partial charge in [0.15, 0.2) is 0 Å². The van der Waals surface area contributed by atoms with Crippen molar-refractivity contribution in [1.29, 1.82) is 0 Å². The van der Waals surface area contributed by atoms with Crippen LogP contribution in [-0.2, 0) is 4.79 Å². The van der Waals surface area contributed by atoms with Crippen molar-refractivity contribution in [1.82, 2.24) is 24.8 Å². The number of benzene rings is 1. The molecule has 3 aromatic rings. The van der Waals surface area contributed by atoms with Gasteiger partial charge < -0.3 is 9.42 Å². The van der Waals surface area contributed by atoms with Crippen molar-refractivity contribution in [3.8, 4) is 11.4 Å². The van der Waals surface area contributed by atoms with Crippen molar-refractivity contribution in [2.24, 2.45) is 5.92 Å². The van der Waals surface area contributed by atoms with Crippen LogP contribution in [0, 0.1) is 5.92 Å². The van der Waals surface area contributed by atoms with Crippen LogP contribution in [0.4, 0.5) is 0 Å². The third-order valence-corrected chi connectivity index (χ3v) is 7.16. The Bertz CT molecular complexity index is 1100. The van der Waals surface area contributed by atoms with Crippen LogP contribution in [0.1, 0.15) is 77.6 Å². The summed E-state index contributed by atoms with van der Waals surface area (Å²) in [6, 6.07) is 6.45. The number of hydrogen-bond acceptors (Lipinski definition) is 5. The van der Waals surface area contributed by atoms with Crippen molar-refractivity contribution < 1.29 is 9.32 Å². The van der Waals surface area contributed by atoms with Crippen LogP contribution in [0.5, 0.6) is 0 Å². The molecule has 7 nitrogen and oxygen atoms in total. The second-order valence-electron chi connectivity index (χ2n) is 10.0. The van der Waals surface area contributed by atoms with Crippen LogP contribution in [0.2, 0.25) is 0 Å².